The topological polar surface area (TPSA) is 47.3 Å². The highest BCUT2D eigenvalue weighted by Gasteiger charge is 2.24. The summed E-state index contributed by atoms with van der Waals surface area (Å²) in [5, 5.41) is 3.45. The van der Waals surface area contributed by atoms with Gasteiger partial charge in [-0.15, -0.1) is 0 Å². The van der Waals surface area contributed by atoms with E-state index in [1.54, 1.807) is 0 Å². The van der Waals surface area contributed by atoms with Crippen LogP contribution in [0.25, 0.3) is 0 Å². The normalized spacial score (nSPS) is 16.5. The lowest BCUT2D eigenvalue weighted by atomic mass is 10.1. The average molecular weight is 270 g/mol. The van der Waals surface area contributed by atoms with E-state index in [-0.39, 0.29) is 6.04 Å². The summed E-state index contributed by atoms with van der Waals surface area (Å²) in [5.41, 5.74) is 8.72. The minimum absolute atomic E-state index is 0.131. The van der Waals surface area contributed by atoms with Crippen LogP contribution in [0.1, 0.15) is 17.2 Å². The fourth-order valence-corrected chi connectivity index (χ4v) is 2.47. The van der Waals surface area contributed by atoms with Crippen molar-refractivity contribution in [1.29, 1.82) is 0 Å². The maximum absolute atomic E-state index is 5.74. The minimum Gasteiger partial charge on any atom is -0.491 e. The third kappa shape index (κ3) is 2.27. The van der Waals surface area contributed by atoms with Crippen LogP contribution >= 0.6 is 12.2 Å². The van der Waals surface area contributed by atoms with Gasteiger partial charge < -0.3 is 15.8 Å². The Morgan fingerprint density at radius 3 is 2.74 bits per heavy atom. The Kier molecular flexibility index (Phi) is 3.09. The zero-order valence-electron chi connectivity index (χ0n) is 10.3. The summed E-state index contributed by atoms with van der Waals surface area (Å²) in [4.78, 5) is 0.398. The van der Waals surface area contributed by atoms with E-state index in [9.17, 15) is 0 Å². The lowest BCUT2D eigenvalue weighted by Gasteiger charge is -2.16. The van der Waals surface area contributed by atoms with Gasteiger partial charge in [0.05, 0.1) is 6.04 Å². The van der Waals surface area contributed by atoms with Crippen molar-refractivity contribution < 1.29 is 4.74 Å². The average Bonchev–Trinajstić information content (AvgIpc) is 2.83. The molecule has 0 fully saturated rings. The first kappa shape index (κ1) is 12.0. The van der Waals surface area contributed by atoms with Crippen molar-refractivity contribution in [2.24, 2.45) is 5.73 Å². The van der Waals surface area contributed by atoms with Gasteiger partial charge in [-0.05, 0) is 18.2 Å². The Hall–Kier alpha value is -2.07. The highest BCUT2D eigenvalue weighted by molar-refractivity contribution is 7.80. The molecule has 0 bridgehead atoms. The summed E-state index contributed by atoms with van der Waals surface area (Å²) in [7, 11) is 0. The van der Waals surface area contributed by atoms with Crippen molar-refractivity contribution in [3.8, 4) is 5.75 Å². The largest absolute Gasteiger partial charge is 0.491 e. The number of nitrogens with two attached hydrogens (primary N) is 1. The molecule has 2 aromatic carbocycles. The minimum atomic E-state index is 0.131. The summed E-state index contributed by atoms with van der Waals surface area (Å²) in [6.07, 6.45) is 0. The van der Waals surface area contributed by atoms with Crippen LogP contribution in [0.15, 0.2) is 48.5 Å². The van der Waals surface area contributed by atoms with Crippen molar-refractivity contribution >= 4 is 22.9 Å². The summed E-state index contributed by atoms with van der Waals surface area (Å²) in [5.74, 6) is 0.938. The lowest BCUT2D eigenvalue weighted by Crippen LogP contribution is -2.17. The van der Waals surface area contributed by atoms with E-state index in [4.69, 9.17) is 22.7 Å². The fourth-order valence-electron chi connectivity index (χ4n) is 2.29. The van der Waals surface area contributed by atoms with Crippen LogP contribution < -0.4 is 15.8 Å². The molecule has 3 N–H and O–H groups in total. The van der Waals surface area contributed by atoms with Crippen molar-refractivity contribution in [1.82, 2.24) is 0 Å². The van der Waals surface area contributed by atoms with Gasteiger partial charge in [0.1, 0.15) is 17.3 Å². The molecular weight excluding hydrogens is 256 g/mol. The first-order valence-electron chi connectivity index (χ1n) is 6.13. The van der Waals surface area contributed by atoms with Gasteiger partial charge in [0, 0.05) is 16.8 Å². The number of nitrogens with one attached hydrogen (secondary N) is 1. The zero-order valence-corrected chi connectivity index (χ0v) is 11.1. The van der Waals surface area contributed by atoms with Crippen molar-refractivity contribution in [2.45, 2.75) is 6.04 Å². The molecule has 1 aliphatic heterocycles. The van der Waals surface area contributed by atoms with Crippen LogP contribution in [-0.4, -0.2) is 11.6 Å². The monoisotopic (exact) mass is 270 g/mol. The number of benzene rings is 2. The molecule has 0 radical (unpaired) electrons. The third-order valence-corrected chi connectivity index (χ3v) is 3.44. The second-order valence-corrected chi connectivity index (χ2v) is 4.90. The van der Waals surface area contributed by atoms with E-state index in [0.29, 0.717) is 11.6 Å². The van der Waals surface area contributed by atoms with Crippen LogP contribution in [0.4, 0.5) is 5.69 Å². The number of para-hydroxylation sites is 2. The van der Waals surface area contributed by atoms with Crippen LogP contribution in [0.5, 0.6) is 5.75 Å². The maximum atomic E-state index is 5.74. The Bertz CT molecular complexity index is 627. The molecule has 0 spiro atoms. The van der Waals surface area contributed by atoms with Crippen LogP contribution in [0.2, 0.25) is 0 Å². The molecule has 1 atom stereocenters. The molecule has 0 aromatic heterocycles. The van der Waals surface area contributed by atoms with Gasteiger partial charge in [0.25, 0.3) is 0 Å². The molecule has 0 saturated heterocycles. The molecule has 0 aliphatic carbocycles. The van der Waals surface area contributed by atoms with Crippen LogP contribution in [-0.2, 0) is 0 Å². The molecular formula is C15H14N2OS. The molecule has 1 heterocycles. The first-order chi connectivity index (χ1) is 9.25. The second-order valence-electron chi connectivity index (χ2n) is 4.46. The van der Waals surface area contributed by atoms with Crippen LogP contribution in [0.3, 0.4) is 0 Å². The molecule has 2 aromatic rings. The van der Waals surface area contributed by atoms with Crippen molar-refractivity contribution in [2.75, 3.05) is 11.9 Å². The highest BCUT2D eigenvalue weighted by Crippen LogP contribution is 2.34. The number of thiocarbonyl (C=S) groups is 1. The van der Waals surface area contributed by atoms with Gasteiger partial charge in [-0.25, -0.2) is 0 Å². The number of hydrogen-bond acceptors (Lipinski definition) is 3. The molecule has 19 heavy (non-hydrogen) atoms. The van der Waals surface area contributed by atoms with Gasteiger partial charge >= 0.3 is 0 Å². The van der Waals surface area contributed by atoms with Gasteiger partial charge in [0.15, 0.2) is 0 Å². The van der Waals surface area contributed by atoms with Gasteiger partial charge in [-0.1, -0.05) is 42.5 Å². The molecule has 3 rings (SSSR count). The number of rotatable bonds is 3. The van der Waals surface area contributed by atoms with Gasteiger partial charge in [0.2, 0.25) is 0 Å². The smallest absolute Gasteiger partial charge is 0.124 e. The maximum Gasteiger partial charge on any atom is 0.124 e. The molecule has 1 unspecified atom stereocenters. The van der Waals surface area contributed by atoms with Crippen molar-refractivity contribution in [3.05, 3.63) is 59.7 Å². The molecule has 0 amide bonds. The van der Waals surface area contributed by atoms with Crippen molar-refractivity contribution in [3.63, 3.8) is 0 Å². The van der Waals surface area contributed by atoms with E-state index in [2.05, 4.69) is 11.4 Å². The predicted octanol–water partition coefficient (Wildman–Crippen LogP) is 2.87. The first-order valence-corrected chi connectivity index (χ1v) is 6.53. The van der Waals surface area contributed by atoms with E-state index in [0.717, 1.165) is 17.0 Å². The summed E-state index contributed by atoms with van der Waals surface area (Å²) >= 11 is 5.07. The molecule has 96 valence electrons. The molecule has 3 nitrogen and oxygen atoms in total. The van der Waals surface area contributed by atoms with E-state index < -0.39 is 0 Å². The fraction of sp³-hybridized carbons (Fsp3) is 0.133. The van der Waals surface area contributed by atoms with Gasteiger partial charge in [-0.2, -0.15) is 0 Å². The van der Waals surface area contributed by atoms with E-state index in [1.807, 2.05) is 42.5 Å². The standard InChI is InChI=1S/C15H14N2OS/c16-15(19)11-6-1-3-7-12(11)17-13-9-18-14-8-4-2-5-10(13)14/h1-8,13,17H,9H2,(H2,16,19). The molecule has 1 aliphatic rings. The number of ether oxygens (including phenoxy) is 1. The second kappa shape index (κ2) is 4.90. The van der Waals surface area contributed by atoms with E-state index >= 15 is 0 Å². The number of anilines is 1. The Morgan fingerprint density at radius 2 is 1.89 bits per heavy atom. The summed E-state index contributed by atoms with van der Waals surface area (Å²) in [6, 6.07) is 16.0. The SMILES string of the molecule is NC(=S)c1ccccc1NC1COc2ccccc21. The Balaban J connectivity index is 1.90. The quantitative estimate of drug-likeness (QED) is 0.842. The molecule has 0 saturated carbocycles. The highest BCUT2D eigenvalue weighted by atomic mass is 32.1. The third-order valence-electron chi connectivity index (χ3n) is 3.22. The van der Waals surface area contributed by atoms with Crippen LogP contribution in [0, 0.1) is 0 Å². The Morgan fingerprint density at radius 1 is 1.16 bits per heavy atom. The summed E-state index contributed by atoms with van der Waals surface area (Å²) < 4.78 is 5.66. The summed E-state index contributed by atoms with van der Waals surface area (Å²) in [6.45, 7) is 0.616. The van der Waals surface area contributed by atoms with Gasteiger partial charge in [-0.3, -0.25) is 0 Å². The number of fused-ring (bicyclic) bond motifs is 1. The predicted molar refractivity (Wildman–Crippen MR) is 80.6 cm³/mol. The molecule has 4 heteroatoms. The van der Waals surface area contributed by atoms with E-state index in [1.165, 1.54) is 5.56 Å². The Labute approximate surface area is 117 Å². The zero-order chi connectivity index (χ0) is 13.2. The lowest BCUT2D eigenvalue weighted by molar-refractivity contribution is 0.340. The number of hydrogen-bond donors (Lipinski definition) is 2.